The van der Waals surface area contributed by atoms with E-state index in [2.05, 4.69) is 42.4 Å². The molecule has 1 N–H and O–H groups in total. The minimum absolute atomic E-state index is 0.349. The summed E-state index contributed by atoms with van der Waals surface area (Å²) in [6, 6.07) is 25.1. The Morgan fingerprint density at radius 1 is 1.00 bits per heavy atom. The van der Waals surface area contributed by atoms with Crippen molar-refractivity contribution in [3.8, 4) is 17.2 Å². The number of hydrazone groups is 1. The van der Waals surface area contributed by atoms with Crippen LogP contribution in [0.15, 0.2) is 92.9 Å². The van der Waals surface area contributed by atoms with Crippen LogP contribution in [0.25, 0.3) is 10.8 Å². The summed E-state index contributed by atoms with van der Waals surface area (Å²) in [6.07, 6.45) is 1.29. The molecule has 0 bridgehead atoms. The number of ether oxygens (including phenoxy) is 3. The third-order valence-electron chi connectivity index (χ3n) is 5.64. The Morgan fingerprint density at radius 3 is 2.59 bits per heavy atom. The molecule has 0 saturated carbocycles. The van der Waals surface area contributed by atoms with E-state index in [1.54, 1.807) is 13.2 Å². The van der Waals surface area contributed by atoms with Crippen molar-refractivity contribution in [2.24, 2.45) is 5.10 Å². The Hall–Kier alpha value is -3.36. The first kappa shape index (κ1) is 26.7. The minimum Gasteiger partial charge on any atom is -0.497 e. The van der Waals surface area contributed by atoms with Crippen LogP contribution in [-0.4, -0.2) is 25.3 Å². The highest BCUT2D eigenvalue weighted by molar-refractivity contribution is 9.11. The Labute approximate surface area is 232 Å². The molecular formula is C29H26Br2N2O4. The lowest BCUT2D eigenvalue weighted by molar-refractivity contribution is -0.128. The third-order valence-corrected chi connectivity index (χ3v) is 6.95. The van der Waals surface area contributed by atoms with E-state index in [1.165, 1.54) is 6.21 Å². The fourth-order valence-electron chi connectivity index (χ4n) is 3.69. The van der Waals surface area contributed by atoms with E-state index < -0.39 is 6.10 Å². The Kier molecular flexibility index (Phi) is 9.19. The zero-order chi connectivity index (χ0) is 26.2. The quantitative estimate of drug-likeness (QED) is 0.149. The maximum absolute atomic E-state index is 12.9. The van der Waals surface area contributed by atoms with Crippen LogP contribution in [0.1, 0.15) is 24.5 Å². The summed E-state index contributed by atoms with van der Waals surface area (Å²) in [6.45, 7) is 2.27. The first-order chi connectivity index (χ1) is 18.0. The van der Waals surface area contributed by atoms with Crippen LogP contribution in [0, 0.1) is 0 Å². The number of halogens is 2. The van der Waals surface area contributed by atoms with Gasteiger partial charge in [0, 0.05) is 10.0 Å². The largest absolute Gasteiger partial charge is 0.497 e. The molecule has 0 aliphatic rings. The Balaban J connectivity index is 1.44. The number of hydrogen-bond donors (Lipinski definition) is 1. The van der Waals surface area contributed by atoms with Gasteiger partial charge in [-0.25, -0.2) is 5.43 Å². The van der Waals surface area contributed by atoms with E-state index in [0.29, 0.717) is 35.8 Å². The molecule has 0 aliphatic carbocycles. The third kappa shape index (κ3) is 6.90. The van der Waals surface area contributed by atoms with Gasteiger partial charge in [0.1, 0.15) is 23.9 Å². The van der Waals surface area contributed by atoms with Crippen molar-refractivity contribution >= 4 is 54.8 Å². The summed E-state index contributed by atoms with van der Waals surface area (Å²) < 4.78 is 19.2. The topological polar surface area (TPSA) is 69.2 Å². The number of fused-ring (bicyclic) bond motifs is 1. The van der Waals surface area contributed by atoms with Crippen LogP contribution < -0.4 is 19.6 Å². The lowest BCUT2D eigenvalue weighted by Gasteiger charge is -2.17. The van der Waals surface area contributed by atoms with Crippen molar-refractivity contribution in [2.75, 3.05) is 7.11 Å². The minimum atomic E-state index is -0.716. The van der Waals surface area contributed by atoms with Gasteiger partial charge < -0.3 is 14.2 Å². The first-order valence-electron chi connectivity index (χ1n) is 11.7. The van der Waals surface area contributed by atoms with Crippen molar-refractivity contribution in [1.29, 1.82) is 0 Å². The monoisotopic (exact) mass is 624 g/mol. The van der Waals surface area contributed by atoms with Crippen LogP contribution in [0.4, 0.5) is 0 Å². The van der Waals surface area contributed by atoms with E-state index >= 15 is 0 Å². The molecule has 0 radical (unpaired) electrons. The van der Waals surface area contributed by atoms with Gasteiger partial charge in [-0.3, -0.25) is 4.79 Å². The summed E-state index contributed by atoms with van der Waals surface area (Å²) in [4.78, 5) is 12.9. The number of carbonyl (C=O) groups is 1. The second kappa shape index (κ2) is 12.7. The molecule has 0 unspecified atom stereocenters. The van der Waals surface area contributed by atoms with E-state index in [1.807, 2.05) is 79.7 Å². The Bertz CT molecular complexity index is 1420. The zero-order valence-electron chi connectivity index (χ0n) is 20.4. The van der Waals surface area contributed by atoms with Crippen LogP contribution in [0.5, 0.6) is 17.2 Å². The highest BCUT2D eigenvalue weighted by atomic mass is 79.9. The maximum atomic E-state index is 12.9. The lowest BCUT2D eigenvalue weighted by Crippen LogP contribution is -2.35. The lowest BCUT2D eigenvalue weighted by atomic mass is 10.1. The number of nitrogens with one attached hydrogen (secondary N) is 1. The molecule has 6 nitrogen and oxygen atoms in total. The second-order valence-electron chi connectivity index (χ2n) is 8.17. The summed E-state index contributed by atoms with van der Waals surface area (Å²) in [5.41, 5.74) is 4.28. The van der Waals surface area contributed by atoms with Gasteiger partial charge in [0.15, 0.2) is 6.10 Å². The fraction of sp³-hybridized carbons (Fsp3) is 0.172. The predicted molar refractivity (Wildman–Crippen MR) is 154 cm³/mol. The summed E-state index contributed by atoms with van der Waals surface area (Å²) >= 11 is 7.09. The molecule has 0 spiro atoms. The van der Waals surface area contributed by atoms with E-state index in [-0.39, 0.29) is 5.91 Å². The van der Waals surface area contributed by atoms with Gasteiger partial charge in [-0.05, 0) is 75.1 Å². The van der Waals surface area contributed by atoms with Crippen LogP contribution >= 0.6 is 31.9 Å². The number of hydrogen-bond acceptors (Lipinski definition) is 5. The molecule has 8 heteroatoms. The van der Waals surface area contributed by atoms with E-state index in [0.717, 1.165) is 25.3 Å². The first-order valence-corrected chi connectivity index (χ1v) is 13.3. The van der Waals surface area contributed by atoms with Gasteiger partial charge in [-0.2, -0.15) is 5.10 Å². The van der Waals surface area contributed by atoms with Crippen molar-refractivity contribution in [3.63, 3.8) is 0 Å². The number of carbonyl (C=O) groups excluding carboxylic acids is 1. The molecule has 190 valence electrons. The summed E-state index contributed by atoms with van der Waals surface area (Å²) in [5, 5.41) is 6.27. The molecule has 0 fully saturated rings. The molecule has 4 aromatic carbocycles. The summed E-state index contributed by atoms with van der Waals surface area (Å²) in [5.74, 6) is 1.51. The van der Waals surface area contributed by atoms with Crippen molar-refractivity contribution in [1.82, 2.24) is 5.43 Å². The number of rotatable bonds is 10. The van der Waals surface area contributed by atoms with Crippen LogP contribution in [-0.2, 0) is 11.4 Å². The molecule has 0 aliphatic heterocycles. The van der Waals surface area contributed by atoms with E-state index in [4.69, 9.17) is 14.2 Å². The molecule has 4 rings (SSSR count). The average Bonchev–Trinajstić information content (AvgIpc) is 2.92. The van der Waals surface area contributed by atoms with Gasteiger partial charge in [-0.15, -0.1) is 0 Å². The number of nitrogens with zero attached hydrogens (tertiary/aromatic N) is 1. The Morgan fingerprint density at radius 2 is 1.81 bits per heavy atom. The van der Waals surface area contributed by atoms with Crippen LogP contribution in [0.3, 0.4) is 0 Å². The number of benzene rings is 4. The highest BCUT2D eigenvalue weighted by Crippen LogP contribution is 2.34. The van der Waals surface area contributed by atoms with Gasteiger partial charge in [0.25, 0.3) is 5.91 Å². The average molecular weight is 626 g/mol. The highest BCUT2D eigenvalue weighted by Gasteiger charge is 2.20. The van der Waals surface area contributed by atoms with Gasteiger partial charge in [0.05, 0.1) is 17.8 Å². The van der Waals surface area contributed by atoms with Crippen molar-refractivity contribution < 1.29 is 19.0 Å². The number of amides is 1. The number of methoxy groups -OCH3 is 1. The smallest absolute Gasteiger partial charge is 0.281 e. The van der Waals surface area contributed by atoms with Crippen molar-refractivity contribution in [3.05, 3.63) is 98.9 Å². The molecular weight excluding hydrogens is 600 g/mol. The molecule has 37 heavy (non-hydrogen) atoms. The van der Waals surface area contributed by atoms with Crippen LogP contribution in [0.2, 0.25) is 0 Å². The van der Waals surface area contributed by atoms with E-state index in [9.17, 15) is 4.79 Å². The van der Waals surface area contributed by atoms with Gasteiger partial charge >= 0.3 is 0 Å². The molecule has 0 heterocycles. The van der Waals surface area contributed by atoms with Gasteiger partial charge in [0.2, 0.25) is 0 Å². The molecule has 4 aromatic rings. The van der Waals surface area contributed by atoms with Crippen molar-refractivity contribution in [2.45, 2.75) is 26.1 Å². The normalized spacial score (nSPS) is 11.9. The standard InChI is InChI=1S/C29H26Br2N2O4/c1-3-25(37-27-13-11-20-8-4-5-10-24(20)28(27)31)29(34)33-32-17-21-16-23(35-2)12-14-26(21)36-18-19-7-6-9-22(30)15-19/h4-17,25H,3,18H2,1-2H3,(H,33,34)/b32-17-/t25-/m1/s1. The SMILES string of the molecule is CC[C@@H](Oc1ccc2ccccc2c1Br)C(=O)N/N=C\c1cc(OC)ccc1OCc1cccc(Br)c1. The molecule has 0 saturated heterocycles. The molecule has 1 atom stereocenters. The second-order valence-corrected chi connectivity index (χ2v) is 9.88. The zero-order valence-corrected chi connectivity index (χ0v) is 23.6. The van der Waals surface area contributed by atoms with Gasteiger partial charge in [-0.1, -0.05) is 65.3 Å². The maximum Gasteiger partial charge on any atom is 0.281 e. The predicted octanol–water partition coefficient (Wildman–Crippen LogP) is 7.26. The molecule has 0 aromatic heterocycles. The molecule has 1 amide bonds. The summed E-state index contributed by atoms with van der Waals surface area (Å²) in [7, 11) is 1.59. The fourth-order valence-corrected chi connectivity index (χ4v) is 4.72.